The molecule has 144 valence electrons. The Labute approximate surface area is 165 Å². The number of rotatable bonds is 7. The van der Waals surface area contributed by atoms with Gasteiger partial charge in [0.1, 0.15) is 5.75 Å². The first-order valence-corrected chi connectivity index (χ1v) is 9.24. The lowest BCUT2D eigenvalue weighted by Crippen LogP contribution is -2.30. The van der Waals surface area contributed by atoms with Gasteiger partial charge in [0.05, 0.1) is 23.7 Å². The lowest BCUT2D eigenvalue weighted by molar-refractivity contribution is -0.116. The van der Waals surface area contributed by atoms with Crippen LogP contribution in [0.1, 0.15) is 41.8 Å². The number of nitrogens with one attached hydrogen (secondary N) is 2. The molecule has 0 aliphatic heterocycles. The predicted octanol–water partition coefficient (Wildman–Crippen LogP) is 4.50. The topological polar surface area (TPSA) is 67.4 Å². The summed E-state index contributed by atoms with van der Waals surface area (Å²) in [6, 6.07) is 10.7. The van der Waals surface area contributed by atoms with E-state index in [4.69, 9.17) is 16.3 Å². The van der Waals surface area contributed by atoms with Crippen molar-refractivity contribution in [3.8, 4) is 5.75 Å². The Kier molecular flexibility index (Phi) is 7.25. The number of hydrogen-bond donors (Lipinski definition) is 2. The molecule has 0 radical (unpaired) electrons. The van der Waals surface area contributed by atoms with Gasteiger partial charge < -0.3 is 15.4 Å². The van der Waals surface area contributed by atoms with Crippen molar-refractivity contribution in [2.75, 3.05) is 11.9 Å². The lowest BCUT2D eigenvalue weighted by atomic mass is 10.1. The number of carbonyl (C=O) groups excluding carboxylic acids is 2. The van der Waals surface area contributed by atoms with Crippen molar-refractivity contribution in [2.24, 2.45) is 0 Å². The summed E-state index contributed by atoms with van der Waals surface area (Å²) >= 11 is 6.14. The summed E-state index contributed by atoms with van der Waals surface area (Å²) in [5, 5.41) is 5.92. The molecule has 0 aliphatic carbocycles. The van der Waals surface area contributed by atoms with E-state index >= 15 is 0 Å². The molecule has 2 aromatic carbocycles. The second-order valence-electron chi connectivity index (χ2n) is 6.79. The number of anilines is 1. The summed E-state index contributed by atoms with van der Waals surface area (Å²) in [5.41, 5.74) is 3.06. The molecule has 2 N–H and O–H groups in total. The van der Waals surface area contributed by atoms with Gasteiger partial charge in [0.15, 0.2) is 0 Å². The highest BCUT2D eigenvalue weighted by Gasteiger charge is 2.12. The molecular weight excluding hydrogens is 364 g/mol. The standard InChI is InChI=1S/C21H25ClN2O3/c1-13(2)23-21(26)16-5-6-18(22)19(12-16)24-20(25)7-8-27-17-10-14(3)9-15(4)11-17/h5-6,9-13H,7-8H2,1-4H3,(H,23,26)(H,24,25). The Hall–Kier alpha value is -2.53. The average Bonchev–Trinajstić information content (AvgIpc) is 2.55. The zero-order chi connectivity index (χ0) is 20.0. The fourth-order valence-electron chi connectivity index (χ4n) is 2.60. The molecular formula is C21H25ClN2O3. The minimum atomic E-state index is -0.234. The number of ether oxygens (including phenoxy) is 1. The molecule has 27 heavy (non-hydrogen) atoms. The minimum Gasteiger partial charge on any atom is -0.493 e. The van der Waals surface area contributed by atoms with E-state index in [9.17, 15) is 9.59 Å². The molecule has 0 spiro atoms. The van der Waals surface area contributed by atoms with Crippen molar-refractivity contribution in [1.82, 2.24) is 5.32 Å². The van der Waals surface area contributed by atoms with Gasteiger partial charge in [-0.25, -0.2) is 0 Å². The molecule has 0 saturated carbocycles. The molecule has 0 aliphatic rings. The van der Waals surface area contributed by atoms with Gasteiger partial charge in [-0.3, -0.25) is 9.59 Å². The van der Waals surface area contributed by atoms with E-state index in [0.29, 0.717) is 16.3 Å². The molecule has 0 heterocycles. The number of amides is 2. The van der Waals surface area contributed by atoms with E-state index < -0.39 is 0 Å². The smallest absolute Gasteiger partial charge is 0.251 e. The van der Waals surface area contributed by atoms with Crippen molar-refractivity contribution in [2.45, 2.75) is 40.2 Å². The average molecular weight is 389 g/mol. The Morgan fingerprint density at radius 3 is 2.37 bits per heavy atom. The molecule has 0 atom stereocenters. The summed E-state index contributed by atoms with van der Waals surface area (Å²) < 4.78 is 5.65. The summed E-state index contributed by atoms with van der Waals surface area (Å²) in [6.07, 6.45) is 0.172. The Bertz CT molecular complexity index is 814. The van der Waals surface area contributed by atoms with Crippen LogP contribution >= 0.6 is 11.6 Å². The molecule has 5 nitrogen and oxygen atoms in total. The number of carbonyl (C=O) groups is 2. The first-order chi connectivity index (χ1) is 12.7. The number of aryl methyl sites for hydroxylation is 2. The maximum atomic E-state index is 12.2. The monoisotopic (exact) mass is 388 g/mol. The van der Waals surface area contributed by atoms with Crippen LogP contribution in [0.25, 0.3) is 0 Å². The highest BCUT2D eigenvalue weighted by Crippen LogP contribution is 2.23. The number of benzene rings is 2. The van der Waals surface area contributed by atoms with Crippen LogP contribution in [0.3, 0.4) is 0 Å². The van der Waals surface area contributed by atoms with Crippen LogP contribution in [0.5, 0.6) is 5.75 Å². The molecule has 2 amide bonds. The molecule has 2 rings (SSSR count). The first-order valence-electron chi connectivity index (χ1n) is 8.86. The van der Waals surface area contributed by atoms with Crippen LogP contribution in [-0.2, 0) is 4.79 Å². The second kappa shape index (κ2) is 9.42. The van der Waals surface area contributed by atoms with Crippen LogP contribution in [0.2, 0.25) is 5.02 Å². The molecule has 6 heteroatoms. The Morgan fingerprint density at radius 1 is 1.07 bits per heavy atom. The SMILES string of the molecule is Cc1cc(C)cc(OCCC(=O)Nc2cc(C(=O)NC(C)C)ccc2Cl)c1. The van der Waals surface area contributed by atoms with Gasteiger partial charge in [-0.15, -0.1) is 0 Å². The zero-order valence-electron chi connectivity index (χ0n) is 16.1. The Balaban J connectivity index is 1.93. The molecule has 0 aromatic heterocycles. The minimum absolute atomic E-state index is 0.0219. The Morgan fingerprint density at radius 2 is 1.74 bits per heavy atom. The molecule has 0 unspecified atom stereocenters. The van der Waals surface area contributed by atoms with Gasteiger partial charge in [0, 0.05) is 11.6 Å². The van der Waals surface area contributed by atoms with Gasteiger partial charge in [-0.1, -0.05) is 17.7 Å². The highest BCUT2D eigenvalue weighted by molar-refractivity contribution is 6.33. The third kappa shape index (κ3) is 6.61. The third-order valence-electron chi connectivity index (χ3n) is 3.72. The largest absolute Gasteiger partial charge is 0.493 e. The maximum Gasteiger partial charge on any atom is 0.251 e. The van der Waals surface area contributed by atoms with Crippen molar-refractivity contribution >= 4 is 29.1 Å². The van der Waals surface area contributed by atoms with E-state index in [1.807, 2.05) is 39.8 Å². The highest BCUT2D eigenvalue weighted by atomic mass is 35.5. The van der Waals surface area contributed by atoms with Crippen molar-refractivity contribution in [1.29, 1.82) is 0 Å². The van der Waals surface area contributed by atoms with Crippen molar-refractivity contribution < 1.29 is 14.3 Å². The summed E-state index contributed by atoms with van der Waals surface area (Å²) in [7, 11) is 0. The fourth-order valence-corrected chi connectivity index (χ4v) is 2.76. The van der Waals surface area contributed by atoms with Gasteiger partial charge >= 0.3 is 0 Å². The summed E-state index contributed by atoms with van der Waals surface area (Å²) in [4.78, 5) is 24.3. The lowest BCUT2D eigenvalue weighted by Gasteiger charge is -2.12. The summed E-state index contributed by atoms with van der Waals surface area (Å²) in [6.45, 7) is 8.01. The fraction of sp³-hybridized carbons (Fsp3) is 0.333. The van der Waals surface area contributed by atoms with Crippen molar-refractivity contribution in [3.05, 3.63) is 58.1 Å². The van der Waals surface area contributed by atoms with E-state index in [1.165, 1.54) is 0 Å². The number of halogens is 1. The van der Waals surface area contributed by atoms with Gasteiger partial charge in [0.2, 0.25) is 5.91 Å². The maximum absolute atomic E-state index is 12.2. The van der Waals surface area contributed by atoms with Crippen LogP contribution in [0.4, 0.5) is 5.69 Å². The van der Waals surface area contributed by atoms with Crippen LogP contribution in [0.15, 0.2) is 36.4 Å². The van der Waals surface area contributed by atoms with Crippen LogP contribution in [0, 0.1) is 13.8 Å². The molecule has 0 fully saturated rings. The van der Waals surface area contributed by atoms with Gasteiger partial charge in [-0.2, -0.15) is 0 Å². The molecule has 2 aromatic rings. The first kappa shape index (κ1) is 20.8. The van der Waals surface area contributed by atoms with E-state index in [0.717, 1.165) is 16.9 Å². The normalized spacial score (nSPS) is 10.6. The van der Waals surface area contributed by atoms with Crippen LogP contribution < -0.4 is 15.4 Å². The van der Waals surface area contributed by atoms with E-state index in [2.05, 4.69) is 16.7 Å². The third-order valence-corrected chi connectivity index (χ3v) is 4.05. The van der Waals surface area contributed by atoms with Crippen molar-refractivity contribution in [3.63, 3.8) is 0 Å². The molecule has 0 saturated heterocycles. The van der Waals surface area contributed by atoms with E-state index in [1.54, 1.807) is 18.2 Å². The summed E-state index contributed by atoms with van der Waals surface area (Å²) in [5.74, 6) is 0.295. The molecule has 0 bridgehead atoms. The predicted molar refractivity (Wildman–Crippen MR) is 109 cm³/mol. The van der Waals surface area contributed by atoms with Crippen LogP contribution in [-0.4, -0.2) is 24.5 Å². The van der Waals surface area contributed by atoms with Gasteiger partial charge in [0.25, 0.3) is 5.91 Å². The number of hydrogen-bond acceptors (Lipinski definition) is 3. The van der Waals surface area contributed by atoms with Gasteiger partial charge in [-0.05, 0) is 69.2 Å². The van der Waals surface area contributed by atoms with E-state index in [-0.39, 0.29) is 30.9 Å². The zero-order valence-corrected chi connectivity index (χ0v) is 16.8. The second-order valence-corrected chi connectivity index (χ2v) is 7.20. The quantitative estimate of drug-likeness (QED) is 0.733.